The monoisotopic (exact) mass is 357 g/mol. The van der Waals surface area contributed by atoms with E-state index in [0.717, 1.165) is 16.7 Å². The number of rotatable bonds is 3. The van der Waals surface area contributed by atoms with Crippen molar-refractivity contribution in [3.05, 3.63) is 58.1 Å². The molecule has 1 saturated heterocycles. The Labute approximate surface area is 152 Å². The van der Waals surface area contributed by atoms with Crippen LogP contribution in [0.3, 0.4) is 0 Å². The van der Waals surface area contributed by atoms with Crippen LogP contribution in [0, 0.1) is 26.7 Å². The fraction of sp³-hybridized carbons (Fsp3) is 0.300. The molecule has 1 aliphatic heterocycles. The minimum absolute atomic E-state index is 0.0941. The maximum atomic E-state index is 12.5. The van der Waals surface area contributed by atoms with Gasteiger partial charge in [-0.15, -0.1) is 0 Å². The predicted molar refractivity (Wildman–Crippen MR) is 98.2 cm³/mol. The molecule has 2 aromatic rings. The van der Waals surface area contributed by atoms with Crippen LogP contribution in [0.25, 0.3) is 0 Å². The summed E-state index contributed by atoms with van der Waals surface area (Å²) in [4.78, 5) is 26.5. The van der Waals surface area contributed by atoms with E-state index in [1.165, 1.54) is 0 Å². The van der Waals surface area contributed by atoms with Gasteiger partial charge in [-0.3, -0.25) is 9.59 Å². The zero-order chi connectivity index (χ0) is 18.1. The van der Waals surface area contributed by atoms with E-state index in [1.807, 2.05) is 51.1 Å². The number of carbonyl (C=O) groups is 2. The van der Waals surface area contributed by atoms with E-state index < -0.39 is 5.92 Å². The van der Waals surface area contributed by atoms with Crippen molar-refractivity contribution < 1.29 is 14.3 Å². The lowest BCUT2D eigenvalue weighted by Crippen LogP contribution is -2.27. The molecule has 1 amide bonds. The van der Waals surface area contributed by atoms with Crippen LogP contribution in [0.15, 0.2) is 36.4 Å². The van der Waals surface area contributed by atoms with Gasteiger partial charge in [0.05, 0.1) is 5.92 Å². The molecule has 1 aliphatic rings. The number of amides is 1. The third-order valence-corrected chi connectivity index (χ3v) is 4.94. The van der Waals surface area contributed by atoms with Gasteiger partial charge in [0.2, 0.25) is 5.91 Å². The van der Waals surface area contributed by atoms with Crippen LogP contribution in [-0.4, -0.2) is 18.4 Å². The molecule has 1 atom stereocenters. The van der Waals surface area contributed by atoms with Crippen molar-refractivity contribution >= 4 is 29.2 Å². The second-order valence-corrected chi connectivity index (χ2v) is 6.89. The third-order valence-electron chi connectivity index (χ3n) is 4.54. The van der Waals surface area contributed by atoms with E-state index >= 15 is 0 Å². The van der Waals surface area contributed by atoms with Gasteiger partial charge in [-0.1, -0.05) is 35.9 Å². The number of benzene rings is 2. The lowest BCUT2D eigenvalue weighted by molar-refractivity contribution is -0.139. The molecule has 0 aromatic heterocycles. The van der Waals surface area contributed by atoms with Crippen molar-refractivity contribution in [2.45, 2.75) is 27.2 Å². The molecular weight excluding hydrogens is 338 g/mol. The second kappa shape index (κ2) is 6.89. The second-order valence-electron chi connectivity index (χ2n) is 6.48. The van der Waals surface area contributed by atoms with Crippen LogP contribution in [0.4, 0.5) is 5.69 Å². The molecule has 0 radical (unpaired) electrons. The summed E-state index contributed by atoms with van der Waals surface area (Å²) in [5, 5.41) is 0.604. The summed E-state index contributed by atoms with van der Waals surface area (Å²) in [6.07, 6.45) is 0.148. The highest BCUT2D eigenvalue weighted by Crippen LogP contribution is 2.30. The highest BCUT2D eigenvalue weighted by atomic mass is 35.5. The molecule has 0 bridgehead atoms. The zero-order valence-corrected chi connectivity index (χ0v) is 15.3. The summed E-state index contributed by atoms with van der Waals surface area (Å²) in [6, 6.07) is 11.2. The SMILES string of the molecule is Cc1ccc(N2C[C@@H](C(=O)Oc3c(C)cccc3C)CC2=O)cc1Cl. The smallest absolute Gasteiger partial charge is 0.316 e. The Bertz CT molecular complexity index is 827. The minimum Gasteiger partial charge on any atom is -0.426 e. The lowest BCUT2D eigenvalue weighted by Gasteiger charge is -2.18. The number of hydrogen-bond donors (Lipinski definition) is 0. The van der Waals surface area contributed by atoms with Crippen LogP contribution in [0.1, 0.15) is 23.1 Å². The Hall–Kier alpha value is -2.33. The molecular formula is C20H20ClNO3. The molecule has 0 aliphatic carbocycles. The van der Waals surface area contributed by atoms with E-state index in [0.29, 0.717) is 23.0 Å². The predicted octanol–water partition coefficient (Wildman–Crippen LogP) is 4.22. The lowest BCUT2D eigenvalue weighted by atomic mass is 10.1. The van der Waals surface area contributed by atoms with Crippen molar-refractivity contribution in [3.8, 4) is 5.75 Å². The van der Waals surface area contributed by atoms with Gasteiger partial charge in [0.25, 0.3) is 0 Å². The van der Waals surface area contributed by atoms with E-state index in [1.54, 1.807) is 11.0 Å². The minimum atomic E-state index is -0.480. The Morgan fingerprint density at radius 2 is 1.80 bits per heavy atom. The van der Waals surface area contributed by atoms with Gasteiger partial charge in [0.15, 0.2) is 0 Å². The molecule has 0 saturated carbocycles. The van der Waals surface area contributed by atoms with Crippen molar-refractivity contribution in [3.63, 3.8) is 0 Å². The summed E-state index contributed by atoms with van der Waals surface area (Å²) in [7, 11) is 0. The number of halogens is 1. The van der Waals surface area contributed by atoms with E-state index in [-0.39, 0.29) is 18.3 Å². The normalized spacial score (nSPS) is 17.0. The Balaban J connectivity index is 1.75. The van der Waals surface area contributed by atoms with Gasteiger partial charge < -0.3 is 9.64 Å². The number of para-hydroxylation sites is 1. The average molecular weight is 358 g/mol. The first-order valence-electron chi connectivity index (χ1n) is 8.21. The number of anilines is 1. The van der Waals surface area contributed by atoms with Crippen LogP contribution in [-0.2, 0) is 9.59 Å². The summed E-state index contributed by atoms with van der Waals surface area (Å²) in [5.41, 5.74) is 3.46. The molecule has 1 fully saturated rings. The molecule has 25 heavy (non-hydrogen) atoms. The van der Waals surface area contributed by atoms with Crippen LogP contribution in [0.2, 0.25) is 5.02 Å². The number of esters is 1. The van der Waals surface area contributed by atoms with Crippen molar-refractivity contribution in [2.24, 2.45) is 5.92 Å². The van der Waals surface area contributed by atoms with Crippen LogP contribution >= 0.6 is 11.6 Å². The molecule has 3 rings (SSSR count). The standard InChI is InChI=1S/C20H20ClNO3/c1-12-7-8-16(10-17(12)21)22-11-15(9-18(22)23)20(24)25-19-13(2)5-4-6-14(19)3/h4-8,10,15H,9,11H2,1-3H3/t15-/m0/s1. The van der Waals surface area contributed by atoms with Gasteiger partial charge >= 0.3 is 5.97 Å². The number of aryl methyl sites for hydroxylation is 3. The average Bonchev–Trinajstić information content (AvgIpc) is 2.95. The molecule has 2 aromatic carbocycles. The quantitative estimate of drug-likeness (QED) is 0.610. The van der Waals surface area contributed by atoms with Crippen molar-refractivity contribution in [1.82, 2.24) is 0 Å². The molecule has 4 nitrogen and oxygen atoms in total. The van der Waals surface area contributed by atoms with E-state index in [2.05, 4.69) is 0 Å². The fourth-order valence-electron chi connectivity index (χ4n) is 3.01. The van der Waals surface area contributed by atoms with Crippen LogP contribution < -0.4 is 9.64 Å². The number of hydrogen-bond acceptors (Lipinski definition) is 3. The highest BCUT2D eigenvalue weighted by molar-refractivity contribution is 6.31. The Morgan fingerprint density at radius 1 is 1.12 bits per heavy atom. The van der Waals surface area contributed by atoms with Crippen LogP contribution in [0.5, 0.6) is 5.75 Å². The number of nitrogens with zero attached hydrogens (tertiary/aromatic N) is 1. The molecule has 1 heterocycles. The summed E-state index contributed by atoms with van der Waals surface area (Å²) in [6.45, 7) is 6.01. The molecule has 0 N–H and O–H groups in total. The highest BCUT2D eigenvalue weighted by Gasteiger charge is 2.36. The molecule has 0 unspecified atom stereocenters. The van der Waals surface area contributed by atoms with Gasteiger partial charge in [-0.05, 0) is 49.6 Å². The first kappa shape index (κ1) is 17.5. The largest absolute Gasteiger partial charge is 0.426 e. The topological polar surface area (TPSA) is 46.6 Å². The Kier molecular flexibility index (Phi) is 4.82. The zero-order valence-electron chi connectivity index (χ0n) is 14.5. The maximum absolute atomic E-state index is 12.5. The van der Waals surface area contributed by atoms with Gasteiger partial charge in [-0.25, -0.2) is 0 Å². The van der Waals surface area contributed by atoms with Gasteiger partial charge in [0.1, 0.15) is 5.75 Å². The molecule has 5 heteroatoms. The summed E-state index contributed by atoms with van der Waals surface area (Å²) < 4.78 is 5.59. The van der Waals surface area contributed by atoms with E-state index in [4.69, 9.17) is 16.3 Å². The summed E-state index contributed by atoms with van der Waals surface area (Å²) in [5.74, 6) is -0.363. The van der Waals surface area contributed by atoms with Crippen molar-refractivity contribution in [2.75, 3.05) is 11.4 Å². The maximum Gasteiger partial charge on any atom is 0.316 e. The third kappa shape index (κ3) is 3.54. The molecule has 130 valence electrons. The van der Waals surface area contributed by atoms with Gasteiger partial charge in [0, 0.05) is 23.7 Å². The number of ether oxygens (including phenoxy) is 1. The van der Waals surface area contributed by atoms with Gasteiger partial charge in [-0.2, -0.15) is 0 Å². The Morgan fingerprint density at radius 3 is 2.44 bits per heavy atom. The number of carbonyl (C=O) groups excluding carboxylic acids is 2. The van der Waals surface area contributed by atoms with E-state index in [9.17, 15) is 9.59 Å². The van der Waals surface area contributed by atoms with Crippen molar-refractivity contribution in [1.29, 1.82) is 0 Å². The molecule has 0 spiro atoms. The fourth-order valence-corrected chi connectivity index (χ4v) is 3.18. The first-order chi connectivity index (χ1) is 11.9. The summed E-state index contributed by atoms with van der Waals surface area (Å²) >= 11 is 6.15. The first-order valence-corrected chi connectivity index (χ1v) is 8.59.